The highest BCUT2D eigenvalue weighted by molar-refractivity contribution is 4.86. The fraction of sp³-hybridized carbons (Fsp3) is 0.700. The predicted octanol–water partition coefficient (Wildman–Crippen LogP) is 0.620. The van der Waals surface area contributed by atoms with Crippen LogP contribution in [-0.4, -0.2) is 33.4 Å². The minimum absolute atomic E-state index is 0. The first kappa shape index (κ1) is 9.52. The molecule has 0 aliphatic carbocycles. The highest BCUT2D eigenvalue weighted by Gasteiger charge is 2.15. The first-order chi connectivity index (χ1) is 6.68. The Labute approximate surface area is 85.2 Å². The van der Waals surface area contributed by atoms with Gasteiger partial charge in [0.15, 0.2) is 0 Å². The van der Waals surface area contributed by atoms with Crippen molar-refractivity contribution in [3.63, 3.8) is 0 Å². The molecule has 0 bridgehead atoms. The molecule has 14 heavy (non-hydrogen) atoms. The topological polar surface area (TPSA) is 30.2 Å². The SMILES string of the molecule is CC(C)N1CCn2ccc(=O)n2CC1.[HH]. The van der Waals surface area contributed by atoms with Crippen LogP contribution in [0.15, 0.2) is 17.1 Å². The molecule has 2 rings (SSSR count). The largest absolute Gasteiger partial charge is 0.297 e. The Bertz CT molecular complexity index is 369. The average Bonchev–Trinajstić information content (AvgIpc) is 2.38. The quantitative estimate of drug-likeness (QED) is 0.660. The molecule has 0 spiro atoms. The van der Waals surface area contributed by atoms with Crippen LogP contribution >= 0.6 is 0 Å². The molecule has 0 N–H and O–H groups in total. The van der Waals surface area contributed by atoms with Gasteiger partial charge in [0.2, 0.25) is 0 Å². The molecule has 0 saturated heterocycles. The third kappa shape index (κ3) is 1.62. The third-order valence-corrected chi connectivity index (χ3v) is 2.90. The van der Waals surface area contributed by atoms with Gasteiger partial charge in [0.1, 0.15) is 0 Å². The Morgan fingerprint density at radius 3 is 2.71 bits per heavy atom. The standard InChI is InChI=1S/C10H17N3O.H2/c1-9(2)11-5-7-12-4-3-10(14)13(12)8-6-11;/h3-4,9H,5-8H2,1-2H3;1H. The second kappa shape index (κ2) is 3.61. The fourth-order valence-electron chi connectivity index (χ4n) is 1.96. The lowest BCUT2D eigenvalue weighted by Gasteiger charge is -2.23. The van der Waals surface area contributed by atoms with Crippen molar-refractivity contribution < 1.29 is 1.43 Å². The van der Waals surface area contributed by atoms with E-state index < -0.39 is 0 Å². The summed E-state index contributed by atoms with van der Waals surface area (Å²) < 4.78 is 3.84. The van der Waals surface area contributed by atoms with Crippen molar-refractivity contribution in [2.75, 3.05) is 13.1 Å². The first-order valence-corrected chi connectivity index (χ1v) is 5.19. The number of nitrogens with zero attached hydrogens (tertiary/aromatic N) is 3. The van der Waals surface area contributed by atoms with Crippen molar-refractivity contribution in [2.45, 2.75) is 33.0 Å². The molecule has 2 heterocycles. The maximum Gasteiger partial charge on any atom is 0.266 e. The zero-order valence-corrected chi connectivity index (χ0v) is 8.81. The van der Waals surface area contributed by atoms with Crippen molar-refractivity contribution >= 4 is 0 Å². The molecule has 80 valence electrons. The van der Waals surface area contributed by atoms with Gasteiger partial charge in [0, 0.05) is 32.8 Å². The van der Waals surface area contributed by atoms with Crippen molar-refractivity contribution in [1.82, 2.24) is 14.3 Å². The van der Waals surface area contributed by atoms with Crippen LogP contribution in [0.5, 0.6) is 0 Å². The highest BCUT2D eigenvalue weighted by atomic mass is 16.1. The average molecular weight is 197 g/mol. The highest BCUT2D eigenvalue weighted by Crippen LogP contribution is 2.03. The van der Waals surface area contributed by atoms with Gasteiger partial charge in [0.25, 0.3) is 5.56 Å². The molecule has 0 unspecified atom stereocenters. The molecule has 1 aromatic rings. The van der Waals surface area contributed by atoms with E-state index in [-0.39, 0.29) is 6.99 Å². The maximum atomic E-state index is 11.4. The molecule has 0 aromatic carbocycles. The zero-order chi connectivity index (χ0) is 10.1. The minimum Gasteiger partial charge on any atom is -0.297 e. The van der Waals surface area contributed by atoms with Crippen LogP contribution in [0.2, 0.25) is 0 Å². The first-order valence-electron chi connectivity index (χ1n) is 5.19. The molecule has 0 fully saturated rings. The Kier molecular flexibility index (Phi) is 2.46. The molecule has 0 saturated carbocycles. The summed E-state index contributed by atoms with van der Waals surface area (Å²) in [6, 6.07) is 2.21. The van der Waals surface area contributed by atoms with Crippen molar-refractivity contribution in [3.05, 3.63) is 22.6 Å². The zero-order valence-electron chi connectivity index (χ0n) is 8.81. The van der Waals surface area contributed by atoms with E-state index in [2.05, 4.69) is 18.7 Å². The number of aromatic nitrogens is 2. The Hall–Kier alpha value is -1.03. The number of hydrogen-bond acceptors (Lipinski definition) is 2. The van der Waals surface area contributed by atoms with Crippen LogP contribution in [-0.2, 0) is 13.1 Å². The van der Waals surface area contributed by atoms with E-state index in [9.17, 15) is 4.79 Å². The van der Waals surface area contributed by atoms with E-state index in [1.165, 1.54) is 0 Å². The lowest BCUT2D eigenvalue weighted by Crippen LogP contribution is -2.34. The van der Waals surface area contributed by atoms with Crippen LogP contribution in [0.3, 0.4) is 0 Å². The smallest absolute Gasteiger partial charge is 0.266 e. The predicted molar refractivity (Wildman–Crippen MR) is 57.5 cm³/mol. The molecule has 1 aliphatic heterocycles. The van der Waals surface area contributed by atoms with E-state index in [0.717, 1.165) is 26.2 Å². The maximum absolute atomic E-state index is 11.4. The Morgan fingerprint density at radius 1 is 1.29 bits per heavy atom. The summed E-state index contributed by atoms with van der Waals surface area (Å²) in [6.45, 7) is 8.13. The van der Waals surface area contributed by atoms with Crippen LogP contribution in [0.4, 0.5) is 0 Å². The molecule has 0 radical (unpaired) electrons. The summed E-state index contributed by atoms with van der Waals surface area (Å²) in [7, 11) is 0. The summed E-state index contributed by atoms with van der Waals surface area (Å²) in [5, 5.41) is 0. The van der Waals surface area contributed by atoms with Gasteiger partial charge in [-0.25, -0.2) is 4.68 Å². The summed E-state index contributed by atoms with van der Waals surface area (Å²) in [4.78, 5) is 13.8. The van der Waals surface area contributed by atoms with E-state index in [1.807, 2.05) is 15.6 Å². The van der Waals surface area contributed by atoms with Gasteiger partial charge in [-0.05, 0) is 13.8 Å². The molecular weight excluding hydrogens is 178 g/mol. The van der Waals surface area contributed by atoms with Gasteiger partial charge < -0.3 is 0 Å². The van der Waals surface area contributed by atoms with E-state index in [4.69, 9.17) is 0 Å². The lowest BCUT2D eigenvalue weighted by atomic mass is 10.3. The number of rotatable bonds is 1. The summed E-state index contributed by atoms with van der Waals surface area (Å²) in [5.41, 5.74) is 0.121. The number of fused-ring (bicyclic) bond motifs is 1. The van der Waals surface area contributed by atoms with Crippen LogP contribution < -0.4 is 5.56 Å². The van der Waals surface area contributed by atoms with E-state index in [1.54, 1.807) is 6.07 Å². The molecular formula is C10H19N3O. The Morgan fingerprint density at radius 2 is 2.00 bits per heavy atom. The summed E-state index contributed by atoms with van der Waals surface area (Å²) in [5.74, 6) is 0. The molecule has 1 aliphatic rings. The molecule has 0 atom stereocenters. The van der Waals surface area contributed by atoms with Crippen molar-refractivity contribution in [2.24, 2.45) is 0 Å². The summed E-state index contributed by atoms with van der Waals surface area (Å²) in [6.07, 6.45) is 1.88. The van der Waals surface area contributed by atoms with Gasteiger partial charge in [-0.2, -0.15) is 0 Å². The van der Waals surface area contributed by atoms with Gasteiger partial charge in [-0.1, -0.05) is 0 Å². The fourth-order valence-corrected chi connectivity index (χ4v) is 1.96. The lowest BCUT2D eigenvalue weighted by molar-refractivity contribution is 0.224. The molecule has 0 amide bonds. The normalized spacial score (nSPS) is 18.2. The monoisotopic (exact) mass is 197 g/mol. The van der Waals surface area contributed by atoms with Crippen LogP contribution in [0.1, 0.15) is 15.3 Å². The second-order valence-corrected chi connectivity index (χ2v) is 4.07. The minimum atomic E-state index is 0. The number of hydrogen-bond donors (Lipinski definition) is 0. The van der Waals surface area contributed by atoms with Gasteiger partial charge in [-0.3, -0.25) is 14.4 Å². The van der Waals surface area contributed by atoms with Gasteiger partial charge in [-0.15, -0.1) is 0 Å². The van der Waals surface area contributed by atoms with E-state index >= 15 is 0 Å². The van der Waals surface area contributed by atoms with Crippen molar-refractivity contribution in [3.8, 4) is 0 Å². The molecule has 1 aromatic heterocycles. The molecule has 4 nitrogen and oxygen atoms in total. The van der Waals surface area contributed by atoms with Crippen LogP contribution in [0, 0.1) is 0 Å². The van der Waals surface area contributed by atoms with Crippen molar-refractivity contribution in [1.29, 1.82) is 0 Å². The van der Waals surface area contributed by atoms with E-state index in [0.29, 0.717) is 6.04 Å². The Balaban J connectivity index is 0.00000112. The van der Waals surface area contributed by atoms with Crippen LogP contribution in [0.25, 0.3) is 0 Å². The summed E-state index contributed by atoms with van der Waals surface area (Å²) >= 11 is 0. The van der Waals surface area contributed by atoms with Gasteiger partial charge in [0.05, 0.1) is 13.1 Å². The van der Waals surface area contributed by atoms with Gasteiger partial charge >= 0.3 is 0 Å². The molecule has 4 heteroatoms. The third-order valence-electron chi connectivity index (χ3n) is 2.90. The second-order valence-electron chi connectivity index (χ2n) is 4.07.